The lowest BCUT2D eigenvalue weighted by Gasteiger charge is -2.29. The molecular weight excluding hydrogens is 435 g/mol. The quantitative estimate of drug-likeness (QED) is 0.609. The Bertz CT molecular complexity index is 857. The second-order valence-electron chi connectivity index (χ2n) is 6.85. The zero-order valence-electron chi connectivity index (χ0n) is 16.4. The van der Waals surface area contributed by atoms with E-state index in [9.17, 15) is 9.59 Å². The standard InChI is InChI=1S/C21H23Cl3N2O3/c1-13(2)25-21(28)14(3)26(11-15-4-9-18(23)19(24)10-15)20(27)12-29-17-7-5-16(22)6-8-17/h4-10,13-14H,11-12H2,1-3H3,(H,25,28). The Hall–Kier alpha value is -1.95. The maximum absolute atomic E-state index is 12.9. The number of halogens is 3. The van der Waals surface area contributed by atoms with Crippen molar-refractivity contribution in [2.45, 2.75) is 39.4 Å². The fourth-order valence-electron chi connectivity index (χ4n) is 2.58. The molecule has 1 atom stereocenters. The molecule has 0 heterocycles. The summed E-state index contributed by atoms with van der Waals surface area (Å²) in [5.74, 6) is -0.0751. The SMILES string of the molecule is CC(C)NC(=O)C(C)N(Cc1ccc(Cl)c(Cl)c1)C(=O)COc1ccc(Cl)cc1. The molecule has 8 heteroatoms. The molecule has 1 N–H and O–H groups in total. The van der Waals surface area contributed by atoms with Crippen LogP contribution in [0.5, 0.6) is 5.75 Å². The number of nitrogens with zero attached hydrogens (tertiary/aromatic N) is 1. The molecule has 2 amide bonds. The Morgan fingerprint density at radius 1 is 1.00 bits per heavy atom. The van der Waals surface area contributed by atoms with Crippen molar-refractivity contribution in [2.75, 3.05) is 6.61 Å². The van der Waals surface area contributed by atoms with Crippen LogP contribution in [-0.2, 0) is 16.1 Å². The van der Waals surface area contributed by atoms with Gasteiger partial charge in [-0.1, -0.05) is 40.9 Å². The molecule has 0 saturated carbocycles. The topological polar surface area (TPSA) is 58.6 Å². The molecule has 0 radical (unpaired) electrons. The highest BCUT2D eigenvalue weighted by Crippen LogP contribution is 2.24. The van der Waals surface area contributed by atoms with Gasteiger partial charge in [0.25, 0.3) is 5.91 Å². The minimum atomic E-state index is -0.701. The molecule has 5 nitrogen and oxygen atoms in total. The van der Waals surface area contributed by atoms with Crippen molar-refractivity contribution in [1.29, 1.82) is 0 Å². The largest absolute Gasteiger partial charge is 0.484 e. The van der Waals surface area contributed by atoms with Gasteiger partial charge in [0.15, 0.2) is 6.61 Å². The van der Waals surface area contributed by atoms with Crippen LogP contribution < -0.4 is 10.1 Å². The van der Waals surface area contributed by atoms with E-state index >= 15 is 0 Å². The van der Waals surface area contributed by atoms with Gasteiger partial charge in [0.2, 0.25) is 5.91 Å². The molecule has 156 valence electrons. The van der Waals surface area contributed by atoms with E-state index in [2.05, 4.69) is 5.32 Å². The number of carbonyl (C=O) groups is 2. The summed E-state index contributed by atoms with van der Waals surface area (Å²) in [6.07, 6.45) is 0. The number of carbonyl (C=O) groups excluding carboxylic acids is 2. The summed E-state index contributed by atoms with van der Waals surface area (Å²) in [5, 5.41) is 4.21. The van der Waals surface area contributed by atoms with Crippen molar-refractivity contribution in [3.8, 4) is 5.75 Å². The summed E-state index contributed by atoms with van der Waals surface area (Å²) in [6.45, 7) is 5.36. The van der Waals surface area contributed by atoms with E-state index in [-0.39, 0.29) is 31.0 Å². The van der Waals surface area contributed by atoms with Gasteiger partial charge in [-0.2, -0.15) is 0 Å². The van der Waals surface area contributed by atoms with Crippen molar-refractivity contribution >= 4 is 46.6 Å². The number of benzene rings is 2. The molecule has 0 saturated heterocycles. The summed E-state index contributed by atoms with van der Waals surface area (Å²) in [6, 6.07) is 11.1. The van der Waals surface area contributed by atoms with Crippen molar-refractivity contribution in [3.63, 3.8) is 0 Å². The van der Waals surface area contributed by atoms with Gasteiger partial charge in [-0.15, -0.1) is 0 Å². The molecular formula is C21H23Cl3N2O3. The molecule has 0 bridgehead atoms. The van der Waals surface area contributed by atoms with E-state index in [1.54, 1.807) is 49.4 Å². The second kappa shape index (κ2) is 10.7. The van der Waals surface area contributed by atoms with Gasteiger partial charge < -0.3 is 15.0 Å². The third kappa shape index (κ3) is 7.11. The maximum atomic E-state index is 12.9. The summed E-state index contributed by atoms with van der Waals surface area (Å²) < 4.78 is 5.57. The van der Waals surface area contributed by atoms with Gasteiger partial charge >= 0.3 is 0 Å². The highest BCUT2D eigenvalue weighted by molar-refractivity contribution is 6.42. The molecule has 2 aromatic rings. The lowest BCUT2D eigenvalue weighted by molar-refractivity contribution is -0.142. The first-order chi connectivity index (χ1) is 13.7. The minimum absolute atomic E-state index is 0.0443. The molecule has 2 rings (SSSR count). The fourth-order valence-corrected chi connectivity index (χ4v) is 3.03. The first kappa shape index (κ1) is 23.3. The van der Waals surface area contributed by atoms with Gasteiger partial charge in [0, 0.05) is 17.6 Å². The zero-order valence-corrected chi connectivity index (χ0v) is 18.7. The molecule has 0 aromatic heterocycles. The molecule has 0 fully saturated rings. The molecule has 29 heavy (non-hydrogen) atoms. The Morgan fingerprint density at radius 3 is 2.24 bits per heavy atom. The van der Waals surface area contributed by atoms with Crippen LogP contribution in [0.15, 0.2) is 42.5 Å². The Labute approximate surface area is 185 Å². The zero-order chi connectivity index (χ0) is 21.6. The van der Waals surface area contributed by atoms with Crippen molar-refractivity contribution in [3.05, 3.63) is 63.1 Å². The lowest BCUT2D eigenvalue weighted by Crippen LogP contribution is -2.50. The lowest BCUT2D eigenvalue weighted by atomic mass is 10.1. The monoisotopic (exact) mass is 456 g/mol. The van der Waals surface area contributed by atoms with Crippen LogP contribution in [0.1, 0.15) is 26.3 Å². The predicted octanol–water partition coefficient (Wildman–Crippen LogP) is 4.97. The van der Waals surface area contributed by atoms with Crippen LogP contribution in [0.3, 0.4) is 0 Å². The predicted molar refractivity (Wildman–Crippen MR) is 117 cm³/mol. The molecule has 2 aromatic carbocycles. The number of amides is 2. The molecule has 1 unspecified atom stereocenters. The van der Waals surface area contributed by atoms with E-state index in [1.807, 2.05) is 13.8 Å². The van der Waals surface area contributed by atoms with Crippen molar-refractivity contribution in [2.24, 2.45) is 0 Å². The summed E-state index contributed by atoms with van der Waals surface area (Å²) in [4.78, 5) is 26.9. The minimum Gasteiger partial charge on any atom is -0.484 e. The third-order valence-corrected chi connectivity index (χ3v) is 5.10. The van der Waals surface area contributed by atoms with Gasteiger partial charge in [0.1, 0.15) is 11.8 Å². The van der Waals surface area contributed by atoms with Crippen LogP contribution in [0.2, 0.25) is 15.1 Å². The molecule has 0 aliphatic carbocycles. The molecule has 0 aliphatic rings. The van der Waals surface area contributed by atoms with E-state index < -0.39 is 6.04 Å². The first-order valence-electron chi connectivity index (χ1n) is 9.09. The summed E-state index contributed by atoms with van der Waals surface area (Å²) in [5.41, 5.74) is 0.753. The highest BCUT2D eigenvalue weighted by Gasteiger charge is 2.27. The first-order valence-corrected chi connectivity index (χ1v) is 10.2. The third-order valence-electron chi connectivity index (χ3n) is 4.11. The van der Waals surface area contributed by atoms with Gasteiger partial charge in [-0.05, 0) is 62.7 Å². The number of nitrogens with one attached hydrogen (secondary N) is 1. The average Bonchev–Trinajstić information content (AvgIpc) is 2.67. The van der Waals surface area contributed by atoms with Crippen LogP contribution in [-0.4, -0.2) is 35.4 Å². The molecule has 0 aliphatic heterocycles. The Kier molecular flexibility index (Phi) is 8.62. The number of ether oxygens (including phenoxy) is 1. The normalized spacial score (nSPS) is 11.8. The highest BCUT2D eigenvalue weighted by atomic mass is 35.5. The van der Waals surface area contributed by atoms with E-state index in [0.717, 1.165) is 5.56 Å². The van der Waals surface area contributed by atoms with E-state index in [0.29, 0.717) is 20.8 Å². The van der Waals surface area contributed by atoms with Crippen LogP contribution in [0, 0.1) is 0 Å². The number of rotatable bonds is 8. The Balaban J connectivity index is 2.17. The van der Waals surface area contributed by atoms with Crippen LogP contribution >= 0.6 is 34.8 Å². The number of hydrogen-bond donors (Lipinski definition) is 1. The van der Waals surface area contributed by atoms with Gasteiger partial charge in [0.05, 0.1) is 10.0 Å². The molecule has 0 spiro atoms. The smallest absolute Gasteiger partial charge is 0.261 e. The average molecular weight is 458 g/mol. The van der Waals surface area contributed by atoms with Crippen molar-refractivity contribution in [1.82, 2.24) is 10.2 Å². The van der Waals surface area contributed by atoms with Gasteiger partial charge in [-0.25, -0.2) is 0 Å². The Morgan fingerprint density at radius 2 is 1.66 bits per heavy atom. The van der Waals surface area contributed by atoms with Crippen LogP contribution in [0.25, 0.3) is 0 Å². The maximum Gasteiger partial charge on any atom is 0.261 e. The summed E-state index contributed by atoms with van der Waals surface area (Å²) in [7, 11) is 0. The van der Waals surface area contributed by atoms with E-state index in [4.69, 9.17) is 39.5 Å². The van der Waals surface area contributed by atoms with Crippen LogP contribution in [0.4, 0.5) is 0 Å². The second-order valence-corrected chi connectivity index (χ2v) is 8.10. The summed E-state index contributed by atoms with van der Waals surface area (Å²) >= 11 is 17.9. The number of hydrogen-bond acceptors (Lipinski definition) is 3. The van der Waals surface area contributed by atoms with Gasteiger partial charge in [-0.3, -0.25) is 9.59 Å². The van der Waals surface area contributed by atoms with Crippen molar-refractivity contribution < 1.29 is 14.3 Å². The fraction of sp³-hybridized carbons (Fsp3) is 0.333. The van der Waals surface area contributed by atoms with E-state index in [1.165, 1.54) is 4.90 Å².